The van der Waals surface area contributed by atoms with Gasteiger partial charge in [0.25, 0.3) is 0 Å². The minimum atomic E-state index is -0.244. The van der Waals surface area contributed by atoms with Crippen molar-refractivity contribution in [3.63, 3.8) is 0 Å². The molecule has 0 aliphatic heterocycles. The Morgan fingerprint density at radius 3 is 1.37 bits per heavy atom. The second-order valence-electron chi connectivity index (χ2n) is 11.1. The summed E-state index contributed by atoms with van der Waals surface area (Å²) in [5, 5.41) is 3.26. The zero-order chi connectivity index (χ0) is 24.3. The molecule has 2 bridgehead atoms. The van der Waals surface area contributed by atoms with Gasteiger partial charge in [-0.15, -0.1) is 0 Å². The molecule has 0 unspecified atom stereocenters. The molecule has 187 valence electrons. The first-order valence-electron chi connectivity index (χ1n) is 13.0. The Labute approximate surface area is 229 Å². The van der Waals surface area contributed by atoms with Gasteiger partial charge in [-0.1, -0.05) is 182 Å². The van der Waals surface area contributed by atoms with Crippen molar-refractivity contribution in [3.05, 3.63) is 100.0 Å². The number of benzene rings is 3. The van der Waals surface area contributed by atoms with E-state index in [1.54, 1.807) is 32.9 Å². The molecule has 3 aliphatic rings. The maximum absolute atomic E-state index is 2.47. The Bertz CT molecular complexity index is 1120. The van der Waals surface area contributed by atoms with Crippen molar-refractivity contribution in [1.29, 1.82) is 0 Å². The summed E-state index contributed by atoms with van der Waals surface area (Å²) in [6, 6.07) is 23.7. The third-order valence-corrected chi connectivity index (χ3v) is 13.9. The monoisotopic (exact) mass is 678 g/mol. The average molecular weight is 678 g/mol. The van der Waals surface area contributed by atoms with Crippen LogP contribution in [0, 0.1) is 5.92 Å². The molecule has 35 heavy (non-hydrogen) atoms. The summed E-state index contributed by atoms with van der Waals surface area (Å²) in [6.45, 7) is 19.5. The van der Waals surface area contributed by atoms with E-state index < -0.39 is 0 Å². The van der Waals surface area contributed by atoms with Crippen LogP contribution < -0.4 is 10.6 Å². The van der Waals surface area contributed by atoms with E-state index in [1.807, 2.05) is 0 Å². The molecular formula is C32H39IrP2-. The largest absolute Gasteiger partial charge is 0.0996 e. The van der Waals surface area contributed by atoms with Crippen LogP contribution in [-0.2, 0) is 20.1 Å². The van der Waals surface area contributed by atoms with Crippen LogP contribution in [0.25, 0.3) is 0 Å². The van der Waals surface area contributed by atoms with E-state index in [1.165, 1.54) is 17.0 Å². The fourth-order valence-corrected chi connectivity index (χ4v) is 12.9. The van der Waals surface area contributed by atoms with Gasteiger partial charge in [-0.05, 0) is 28.6 Å². The standard InChI is InChI=1S/C32H39P2.Ir/c1-19(2)33(20(3)4)27-17-11-15-25-29-23-13-9-10-14-24(23)32(30(25)27)31-26(29)16-12-18-28(31)34(21(5)6)22(7)8;/h9-22,29H,1-8H3;/q-1;. The summed E-state index contributed by atoms with van der Waals surface area (Å²) >= 11 is 0. The second kappa shape index (κ2) is 10.4. The van der Waals surface area contributed by atoms with Gasteiger partial charge in [-0.3, -0.25) is 0 Å². The van der Waals surface area contributed by atoms with E-state index in [2.05, 4.69) is 116 Å². The van der Waals surface area contributed by atoms with E-state index in [0.717, 1.165) is 0 Å². The first kappa shape index (κ1) is 27.1. The quantitative estimate of drug-likeness (QED) is 0.125. The second-order valence-corrected chi connectivity index (χ2v) is 17.8. The molecule has 3 aromatic carbocycles. The van der Waals surface area contributed by atoms with Gasteiger partial charge in [-0.2, -0.15) is 0 Å². The zero-order valence-electron chi connectivity index (χ0n) is 22.4. The van der Waals surface area contributed by atoms with Gasteiger partial charge in [0.1, 0.15) is 0 Å². The van der Waals surface area contributed by atoms with Crippen molar-refractivity contribution in [3.8, 4) is 0 Å². The van der Waals surface area contributed by atoms with Gasteiger partial charge in [0.05, 0.1) is 0 Å². The van der Waals surface area contributed by atoms with Crippen LogP contribution >= 0.6 is 15.8 Å². The normalized spacial score (nSPS) is 14.3. The Hall–Kier alpha value is -0.961. The number of rotatable bonds is 6. The molecule has 0 aromatic heterocycles. The topological polar surface area (TPSA) is 0 Å². The SMILES string of the molecule is CC(C)P(c1cccc2c1[C-]1c3ccccc3C2c2cccc(P(C(C)C)C(C)C)c21)C(C)C.[Ir]. The van der Waals surface area contributed by atoms with Crippen LogP contribution in [0.1, 0.15) is 94.7 Å². The minimum absolute atomic E-state index is 0. The van der Waals surface area contributed by atoms with Gasteiger partial charge in [0, 0.05) is 20.1 Å². The van der Waals surface area contributed by atoms with Gasteiger partial charge in [-0.25, -0.2) is 0 Å². The van der Waals surface area contributed by atoms with E-state index in [9.17, 15) is 0 Å². The van der Waals surface area contributed by atoms with E-state index in [4.69, 9.17) is 0 Å². The van der Waals surface area contributed by atoms with Gasteiger partial charge in [0.2, 0.25) is 0 Å². The van der Waals surface area contributed by atoms with Crippen molar-refractivity contribution in [2.45, 2.75) is 83.9 Å². The summed E-state index contributed by atoms with van der Waals surface area (Å²) in [5.41, 5.74) is 12.0. The first-order valence-corrected chi connectivity index (χ1v) is 16.0. The van der Waals surface area contributed by atoms with E-state index >= 15 is 0 Å². The molecule has 0 fully saturated rings. The summed E-state index contributed by atoms with van der Waals surface area (Å²) < 4.78 is 0. The molecule has 0 amide bonds. The predicted molar refractivity (Wildman–Crippen MR) is 154 cm³/mol. The molecule has 0 atom stereocenters. The maximum atomic E-state index is 2.47. The molecule has 3 heteroatoms. The van der Waals surface area contributed by atoms with E-state index in [0.29, 0.717) is 28.6 Å². The van der Waals surface area contributed by atoms with Crippen molar-refractivity contribution in [2.75, 3.05) is 0 Å². The maximum Gasteiger partial charge on any atom is 0 e. The molecule has 0 spiro atoms. The molecule has 0 heterocycles. The van der Waals surface area contributed by atoms with Gasteiger partial charge in [0.15, 0.2) is 0 Å². The molecule has 0 N–H and O–H groups in total. The Morgan fingerprint density at radius 1 is 0.543 bits per heavy atom. The Balaban J connectivity index is 0.00000289. The van der Waals surface area contributed by atoms with Crippen LogP contribution in [0.15, 0.2) is 60.7 Å². The molecule has 6 rings (SSSR count). The molecule has 3 aromatic rings. The van der Waals surface area contributed by atoms with Crippen LogP contribution in [0.5, 0.6) is 0 Å². The average Bonchev–Trinajstić information content (AvgIpc) is 2.78. The number of hydrogen-bond acceptors (Lipinski definition) is 0. The minimum Gasteiger partial charge on any atom is -0.0996 e. The van der Waals surface area contributed by atoms with Crippen molar-refractivity contribution >= 4 is 26.5 Å². The Kier molecular flexibility index (Phi) is 8.07. The third-order valence-electron chi connectivity index (χ3n) is 7.59. The molecule has 0 saturated carbocycles. The van der Waals surface area contributed by atoms with Crippen LogP contribution in [0.3, 0.4) is 0 Å². The summed E-state index contributed by atoms with van der Waals surface area (Å²) in [7, 11) is -0.488. The predicted octanol–water partition coefficient (Wildman–Crippen LogP) is 8.36. The fraction of sp³-hybridized carbons (Fsp3) is 0.406. The molecule has 1 radical (unpaired) electrons. The summed E-state index contributed by atoms with van der Waals surface area (Å²) in [4.78, 5) is 0. The van der Waals surface area contributed by atoms with Gasteiger partial charge < -0.3 is 0 Å². The molecule has 3 aliphatic carbocycles. The molecular weight excluding hydrogens is 639 g/mol. The molecule has 0 nitrogen and oxygen atoms in total. The number of hydrogen-bond donors (Lipinski definition) is 0. The smallest absolute Gasteiger partial charge is 0 e. The van der Waals surface area contributed by atoms with Gasteiger partial charge >= 0.3 is 0 Å². The van der Waals surface area contributed by atoms with Crippen LogP contribution in [-0.4, -0.2) is 22.6 Å². The third kappa shape index (κ3) is 4.30. The fourth-order valence-electron chi connectivity index (χ4n) is 6.75. The summed E-state index contributed by atoms with van der Waals surface area (Å²) in [6.07, 6.45) is 0. The summed E-state index contributed by atoms with van der Waals surface area (Å²) in [5.74, 6) is 1.89. The van der Waals surface area contributed by atoms with E-state index in [-0.39, 0.29) is 35.9 Å². The molecule has 0 saturated heterocycles. The van der Waals surface area contributed by atoms with Crippen LogP contribution in [0.4, 0.5) is 0 Å². The Morgan fingerprint density at radius 2 is 0.943 bits per heavy atom. The van der Waals surface area contributed by atoms with Crippen molar-refractivity contribution < 1.29 is 20.1 Å². The zero-order valence-corrected chi connectivity index (χ0v) is 26.6. The van der Waals surface area contributed by atoms with Crippen molar-refractivity contribution in [2.24, 2.45) is 0 Å². The first-order chi connectivity index (χ1) is 16.2. The van der Waals surface area contributed by atoms with Crippen LogP contribution in [0.2, 0.25) is 0 Å². The van der Waals surface area contributed by atoms with Crippen molar-refractivity contribution in [1.82, 2.24) is 0 Å².